The van der Waals surface area contributed by atoms with Crippen LogP contribution in [0.1, 0.15) is 40.0 Å². The van der Waals surface area contributed by atoms with Crippen LogP contribution in [0.15, 0.2) is 12.2 Å². The van der Waals surface area contributed by atoms with E-state index >= 15 is 0 Å². The summed E-state index contributed by atoms with van der Waals surface area (Å²) in [6, 6.07) is 0. The van der Waals surface area contributed by atoms with Crippen LogP contribution in [0.4, 0.5) is 0 Å². The van der Waals surface area contributed by atoms with Gasteiger partial charge in [0, 0.05) is 0 Å². The minimum absolute atomic E-state index is 0.102. The van der Waals surface area contributed by atoms with E-state index in [0.29, 0.717) is 5.92 Å². The van der Waals surface area contributed by atoms with Gasteiger partial charge in [0.05, 0.1) is 18.3 Å². The highest BCUT2D eigenvalue weighted by atomic mass is 16.5. The average Bonchev–Trinajstić information content (AvgIpc) is 2.24. The zero-order valence-corrected chi connectivity index (χ0v) is 9.95. The molecule has 0 fully saturated rings. The summed E-state index contributed by atoms with van der Waals surface area (Å²) in [6.45, 7) is 9.27. The van der Waals surface area contributed by atoms with Crippen molar-refractivity contribution in [2.45, 2.75) is 46.1 Å². The van der Waals surface area contributed by atoms with Gasteiger partial charge in [-0.05, 0) is 25.7 Å². The number of aliphatic hydroxyl groups is 1. The number of carbonyl (C=O) groups is 1. The molecule has 0 spiro atoms. The van der Waals surface area contributed by atoms with Crippen LogP contribution in [-0.4, -0.2) is 23.8 Å². The van der Waals surface area contributed by atoms with Crippen molar-refractivity contribution < 1.29 is 14.6 Å². The molecule has 88 valence electrons. The Morgan fingerprint density at radius 2 is 2.00 bits per heavy atom. The lowest BCUT2D eigenvalue weighted by atomic mass is 10.0. The standard InChI is InChI=1S/C12H22O3/c1-5-9(2)6-7-11(4)15-12(14)10(3)8-13/h9,11,13H,3,5-8H2,1-2,4H3. The summed E-state index contributed by atoms with van der Waals surface area (Å²) < 4.78 is 5.10. The highest BCUT2D eigenvalue weighted by molar-refractivity contribution is 5.88. The molecule has 0 aromatic heterocycles. The van der Waals surface area contributed by atoms with E-state index in [9.17, 15) is 4.79 Å². The molecule has 0 amide bonds. The molecule has 2 unspecified atom stereocenters. The molecule has 3 heteroatoms. The van der Waals surface area contributed by atoms with Crippen molar-refractivity contribution in [2.24, 2.45) is 5.92 Å². The second-order valence-corrected chi connectivity index (χ2v) is 4.07. The number of carbonyl (C=O) groups excluding carboxylic acids is 1. The van der Waals surface area contributed by atoms with E-state index in [0.717, 1.165) is 19.3 Å². The van der Waals surface area contributed by atoms with Crippen molar-refractivity contribution in [2.75, 3.05) is 6.61 Å². The van der Waals surface area contributed by atoms with Crippen molar-refractivity contribution in [1.29, 1.82) is 0 Å². The SMILES string of the molecule is C=C(CO)C(=O)OC(C)CCC(C)CC. The smallest absolute Gasteiger partial charge is 0.336 e. The molecule has 0 aliphatic heterocycles. The Morgan fingerprint density at radius 3 is 2.47 bits per heavy atom. The predicted molar refractivity (Wildman–Crippen MR) is 60.5 cm³/mol. The van der Waals surface area contributed by atoms with Gasteiger partial charge < -0.3 is 9.84 Å². The summed E-state index contributed by atoms with van der Waals surface area (Å²) in [5.41, 5.74) is 0.116. The molecule has 0 radical (unpaired) electrons. The quantitative estimate of drug-likeness (QED) is 0.522. The van der Waals surface area contributed by atoms with E-state index < -0.39 is 5.97 Å². The Bertz CT molecular complexity index is 211. The van der Waals surface area contributed by atoms with Crippen LogP contribution >= 0.6 is 0 Å². The molecule has 3 nitrogen and oxygen atoms in total. The first-order chi connectivity index (χ1) is 7.01. The van der Waals surface area contributed by atoms with Crippen molar-refractivity contribution in [1.82, 2.24) is 0 Å². The lowest BCUT2D eigenvalue weighted by Crippen LogP contribution is -2.18. The van der Waals surface area contributed by atoms with Gasteiger partial charge in [0.25, 0.3) is 0 Å². The van der Waals surface area contributed by atoms with Gasteiger partial charge in [-0.3, -0.25) is 0 Å². The monoisotopic (exact) mass is 214 g/mol. The van der Waals surface area contributed by atoms with Gasteiger partial charge in [-0.1, -0.05) is 26.8 Å². The van der Waals surface area contributed by atoms with Gasteiger partial charge in [0.15, 0.2) is 0 Å². The van der Waals surface area contributed by atoms with Gasteiger partial charge in [-0.25, -0.2) is 4.79 Å². The first kappa shape index (κ1) is 14.2. The molecule has 0 bridgehead atoms. The molecule has 1 N–H and O–H groups in total. The van der Waals surface area contributed by atoms with Crippen molar-refractivity contribution in [3.63, 3.8) is 0 Å². The molecule has 15 heavy (non-hydrogen) atoms. The summed E-state index contributed by atoms with van der Waals surface area (Å²) in [5, 5.41) is 8.67. The third-order valence-electron chi connectivity index (χ3n) is 2.55. The largest absolute Gasteiger partial charge is 0.459 e. The molecule has 0 aromatic carbocycles. The van der Waals surface area contributed by atoms with Gasteiger partial charge in [0.1, 0.15) is 0 Å². The number of ether oxygens (including phenoxy) is 1. The normalized spacial score (nSPS) is 14.4. The summed E-state index contributed by atoms with van der Waals surface area (Å²) in [7, 11) is 0. The number of rotatable bonds is 7. The first-order valence-electron chi connectivity index (χ1n) is 5.50. The van der Waals surface area contributed by atoms with E-state index in [4.69, 9.17) is 9.84 Å². The lowest BCUT2D eigenvalue weighted by molar-refractivity contribution is -0.144. The maximum absolute atomic E-state index is 11.2. The molecule has 0 saturated carbocycles. The topological polar surface area (TPSA) is 46.5 Å². The minimum Gasteiger partial charge on any atom is -0.459 e. The number of hydrogen-bond donors (Lipinski definition) is 1. The van der Waals surface area contributed by atoms with E-state index in [1.54, 1.807) is 0 Å². The Balaban J connectivity index is 3.78. The van der Waals surface area contributed by atoms with E-state index in [1.165, 1.54) is 0 Å². The third kappa shape index (κ3) is 6.28. The van der Waals surface area contributed by atoms with Crippen LogP contribution in [-0.2, 0) is 9.53 Å². The number of hydrogen-bond acceptors (Lipinski definition) is 3. The fraction of sp³-hybridized carbons (Fsp3) is 0.750. The summed E-state index contributed by atoms with van der Waals surface area (Å²) in [6.07, 6.45) is 2.95. The van der Waals surface area contributed by atoms with E-state index in [2.05, 4.69) is 20.4 Å². The van der Waals surface area contributed by atoms with Crippen LogP contribution in [0, 0.1) is 5.92 Å². The Morgan fingerprint density at radius 1 is 1.40 bits per heavy atom. The molecule has 0 aliphatic rings. The molecule has 0 aliphatic carbocycles. The lowest BCUT2D eigenvalue weighted by Gasteiger charge is -2.15. The van der Waals surface area contributed by atoms with Crippen LogP contribution in [0.25, 0.3) is 0 Å². The molecule has 2 atom stereocenters. The average molecular weight is 214 g/mol. The van der Waals surface area contributed by atoms with Gasteiger partial charge >= 0.3 is 5.97 Å². The van der Waals surface area contributed by atoms with E-state index in [-0.39, 0.29) is 18.3 Å². The van der Waals surface area contributed by atoms with Gasteiger partial charge in [-0.2, -0.15) is 0 Å². The highest BCUT2D eigenvalue weighted by Gasteiger charge is 2.12. The van der Waals surface area contributed by atoms with E-state index in [1.807, 2.05) is 6.92 Å². The highest BCUT2D eigenvalue weighted by Crippen LogP contribution is 2.13. The third-order valence-corrected chi connectivity index (χ3v) is 2.55. The zero-order valence-electron chi connectivity index (χ0n) is 9.95. The van der Waals surface area contributed by atoms with Crippen LogP contribution in [0.3, 0.4) is 0 Å². The minimum atomic E-state index is -0.492. The molecular weight excluding hydrogens is 192 g/mol. The van der Waals surface area contributed by atoms with Crippen molar-refractivity contribution in [3.05, 3.63) is 12.2 Å². The summed E-state index contributed by atoms with van der Waals surface area (Å²) >= 11 is 0. The van der Waals surface area contributed by atoms with Crippen LogP contribution in [0.2, 0.25) is 0 Å². The molecule has 0 heterocycles. The molecule has 0 rings (SSSR count). The molecule has 0 saturated heterocycles. The first-order valence-corrected chi connectivity index (χ1v) is 5.50. The van der Waals surface area contributed by atoms with Crippen molar-refractivity contribution in [3.8, 4) is 0 Å². The summed E-state index contributed by atoms with van der Waals surface area (Å²) in [5.74, 6) is 0.168. The summed E-state index contributed by atoms with van der Waals surface area (Å²) in [4.78, 5) is 11.2. The maximum atomic E-state index is 11.2. The Hall–Kier alpha value is -0.830. The van der Waals surface area contributed by atoms with Gasteiger partial charge in [0.2, 0.25) is 0 Å². The Kier molecular flexibility index (Phi) is 7.05. The zero-order chi connectivity index (χ0) is 11.8. The fourth-order valence-corrected chi connectivity index (χ4v) is 1.11. The number of aliphatic hydroxyl groups excluding tert-OH is 1. The second kappa shape index (κ2) is 7.46. The van der Waals surface area contributed by atoms with Gasteiger partial charge in [-0.15, -0.1) is 0 Å². The molecule has 0 aromatic rings. The number of esters is 1. The van der Waals surface area contributed by atoms with Crippen molar-refractivity contribution >= 4 is 5.97 Å². The van der Waals surface area contributed by atoms with Crippen LogP contribution in [0.5, 0.6) is 0 Å². The fourth-order valence-electron chi connectivity index (χ4n) is 1.11. The maximum Gasteiger partial charge on any atom is 0.336 e. The van der Waals surface area contributed by atoms with Crippen LogP contribution < -0.4 is 0 Å². The predicted octanol–water partition coefficient (Wildman–Crippen LogP) is 2.29. The Labute approximate surface area is 92.1 Å². The molecular formula is C12H22O3. The second-order valence-electron chi connectivity index (χ2n) is 4.07.